The molecule has 2 aliphatic heterocycles. The lowest BCUT2D eigenvalue weighted by Crippen LogP contribution is -2.37. The van der Waals surface area contributed by atoms with Crippen molar-refractivity contribution in [1.82, 2.24) is 20.0 Å². The number of carbonyl (C=O) groups excluding carboxylic acids is 1. The largest absolute Gasteiger partial charge is 0.342 e. The van der Waals surface area contributed by atoms with Gasteiger partial charge in [0, 0.05) is 56.3 Å². The van der Waals surface area contributed by atoms with Crippen LogP contribution in [0.3, 0.4) is 0 Å². The van der Waals surface area contributed by atoms with Crippen molar-refractivity contribution in [3.8, 4) is 0 Å². The van der Waals surface area contributed by atoms with Gasteiger partial charge in [0.05, 0.1) is 12.1 Å². The molecule has 1 amide bonds. The van der Waals surface area contributed by atoms with E-state index < -0.39 is 0 Å². The molecule has 2 saturated heterocycles. The summed E-state index contributed by atoms with van der Waals surface area (Å²) in [5.41, 5.74) is 2.42. The number of likely N-dealkylation sites (tertiary alicyclic amines) is 1. The minimum absolute atomic E-state index is 0.00756. The van der Waals surface area contributed by atoms with Gasteiger partial charge in [-0.15, -0.1) is 0 Å². The molecule has 2 aromatic rings. The third-order valence-electron chi connectivity index (χ3n) is 5.53. The molecule has 2 aliphatic rings. The van der Waals surface area contributed by atoms with Gasteiger partial charge >= 0.3 is 0 Å². The second-order valence-corrected chi connectivity index (χ2v) is 7.58. The van der Waals surface area contributed by atoms with E-state index in [2.05, 4.69) is 22.5 Å². The Bertz CT molecular complexity index is 757. The van der Waals surface area contributed by atoms with Gasteiger partial charge in [0.25, 0.3) is 0 Å². The zero-order chi connectivity index (χ0) is 17.4. The van der Waals surface area contributed by atoms with Crippen LogP contribution in [0.2, 0.25) is 5.02 Å². The average Bonchev–Trinajstić information content (AvgIpc) is 3.35. The molecule has 1 N–H and O–H groups in total. The van der Waals surface area contributed by atoms with Crippen LogP contribution in [-0.4, -0.2) is 46.8 Å². The van der Waals surface area contributed by atoms with Crippen molar-refractivity contribution in [3.05, 3.63) is 52.8 Å². The van der Waals surface area contributed by atoms with Crippen molar-refractivity contribution < 1.29 is 4.79 Å². The van der Waals surface area contributed by atoms with Crippen molar-refractivity contribution in [2.75, 3.05) is 26.2 Å². The van der Waals surface area contributed by atoms with Crippen LogP contribution in [0.1, 0.15) is 29.4 Å². The van der Waals surface area contributed by atoms with E-state index in [-0.39, 0.29) is 17.7 Å². The number of aromatic nitrogens is 2. The lowest BCUT2D eigenvalue weighted by atomic mass is 9.90. The molecule has 0 radical (unpaired) electrons. The molecular weight excluding hydrogens is 336 g/mol. The monoisotopic (exact) mass is 358 g/mol. The van der Waals surface area contributed by atoms with Gasteiger partial charge in [-0.3, -0.25) is 9.48 Å². The van der Waals surface area contributed by atoms with Gasteiger partial charge in [-0.2, -0.15) is 5.10 Å². The predicted octanol–water partition coefficient (Wildman–Crippen LogP) is 2.39. The number of hydrogen-bond donors (Lipinski definition) is 1. The summed E-state index contributed by atoms with van der Waals surface area (Å²) in [5.74, 6) is 0.909. The first kappa shape index (κ1) is 16.6. The van der Waals surface area contributed by atoms with Gasteiger partial charge in [-0.25, -0.2) is 0 Å². The highest BCUT2D eigenvalue weighted by molar-refractivity contribution is 6.30. The molecule has 1 aromatic carbocycles. The van der Waals surface area contributed by atoms with E-state index in [0.29, 0.717) is 5.92 Å². The second-order valence-electron chi connectivity index (χ2n) is 7.14. The third-order valence-corrected chi connectivity index (χ3v) is 5.78. The number of hydrogen-bond acceptors (Lipinski definition) is 3. The van der Waals surface area contributed by atoms with Crippen molar-refractivity contribution >= 4 is 17.5 Å². The first-order valence-electron chi connectivity index (χ1n) is 8.85. The molecular formula is C19H23ClN4O. The number of benzene rings is 1. The molecule has 5 nitrogen and oxygen atoms in total. The summed E-state index contributed by atoms with van der Waals surface area (Å²) in [4.78, 5) is 15.1. The molecule has 25 heavy (non-hydrogen) atoms. The average molecular weight is 359 g/mol. The molecule has 132 valence electrons. The van der Waals surface area contributed by atoms with Crippen LogP contribution >= 0.6 is 11.6 Å². The highest BCUT2D eigenvalue weighted by Gasteiger charge is 2.39. The standard InChI is InChI=1S/C19H23ClN4O/c1-23-11-15(8-22-23)17-9-21-10-18(17)19(25)24-7-6-14(12-24)13-2-4-16(20)5-3-13/h2-5,8,11,14,17-18,21H,6-7,9-10,12H2,1H3/t14?,17-,18+/m1/s1. The van der Waals surface area contributed by atoms with Gasteiger partial charge in [0.15, 0.2) is 0 Å². The highest BCUT2D eigenvalue weighted by atomic mass is 35.5. The molecule has 0 saturated carbocycles. The summed E-state index contributed by atoms with van der Waals surface area (Å²) in [7, 11) is 1.92. The smallest absolute Gasteiger partial charge is 0.227 e. The van der Waals surface area contributed by atoms with Gasteiger partial charge in [0.1, 0.15) is 0 Å². The molecule has 1 unspecified atom stereocenters. The van der Waals surface area contributed by atoms with Crippen LogP contribution in [-0.2, 0) is 11.8 Å². The number of halogens is 1. The summed E-state index contributed by atoms with van der Waals surface area (Å²) >= 11 is 5.98. The maximum Gasteiger partial charge on any atom is 0.227 e. The lowest BCUT2D eigenvalue weighted by molar-refractivity contribution is -0.134. The number of aryl methyl sites for hydroxylation is 1. The quantitative estimate of drug-likeness (QED) is 0.916. The maximum atomic E-state index is 13.1. The zero-order valence-corrected chi connectivity index (χ0v) is 15.1. The summed E-state index contributed by atoms with van der Waals surface area (Å²) in [6.07, 6.45) is 4.93. The number of rotatable bonds is 3. The van der Waals surface area contributed by atoms with E-state index in [0.717, 1.165) is 43.2 Å². The van der Waals surface area contributed by atoms with Crippen LogP contribution in [0.15, 0.2) is 36.7 Å². The Balaban J connectivity index is 1.45. The van der Waals surface area contributed by atoms with Crippen molar-refractivity contribution in [1.29, 1.82) is 0 Å². The Labute approximate surface area is 153 Å². The summed E-state index contributed by atoms with van der Waals surface area (Å²) < 4.78 is 1.81. The summed E-state index contributed by atoms with van der Waals surface area (Å²) in [6, 6.07) is 8.02. The Morgan fingerprint density at radius 1 is 1.24 bits per heavy atom. The van der Waals surface area contributed by atoms with Crippen molar-refractivity contribution in [2.45, 2.75) is 18.3 Å². The van der Waals surface area contributed by atoms with Gasteiger partial charge in [-0.1, -0.05) is 23.7 Å². The minimum atomic E-state index is 0.00756. The predicted molar refractivity (Wildman–Crippen MR) is 97.7 cm³/mol. The minimum Gasteiger partial charge on any atom is -0.342 e. The summed E-state index contributed by atoms with van der Waals surface area (Å²) in [6.45, 7) is 3.23. The first-order valence-corrected chi connectivity index (χ1v) is 9.23. The van der Waals surface area contributed by atoms with E-state index in [4.69, 9.17) is 11.6 Å². The van der Waals surface area contributed by atoms with Crippen LogP contribution in [0.5, 0.6) is 0 Å². The molecule has 6 heteroatoms. The molecule has 3 atom stereocenters. The SMILES string of the molecule is Cn1cc([C@H]2CNC[C@@H]2C(=O)N2CCC(c3ccc(Cl)cc3)C2)cn1. The van der Waals surface area contributed by atoms with E-state index in [1.807, 2.05) is 41.2 Å². The van der Waals surface area contributed by atoms with E-state index >= 15 is 0 Å². The Morgan fingerprint density at radius 2 is 2.04 bits per heavy atom. The van der Waals surface area contributed by atoms with Gasteiger partial charge in [-0.05, 0) is 29.7 Å². The molecule has 0 spiro atoms. The van der Waals surface area contributed by atoms with Crippen LogP contribution < -0.4 is 5.32 Å². The fourth-order valence-corrected chi connectivity index (χ4v) is 4.25. The van der Waals surface area contributed by atoms with Crippen LogP contribution in [0, 0.1) is 5.92 Å². The van der Waals surface area contributed by atoms with Crippen molar-refractivity contribution in [3.63, 3.8) is 0 Å². The highest BCUT2D eigenvalue weighted by Crippen LogP contribution is 2.33. The van der Waals surface area contributed by atoms with E-state index in [9.17, 15) is 4.79 Å². The number of amides is 1. The van der Waals surface area contributed by atoms with Gasteiger partial charge in [0.2, 0.25) is 5.91 Å². The maximum absolute atomic E-state index is 13.1. The van der Waals surface area contributed by atoms with E-state index in [1.54, 1.807) is 0 Å². The topological polar surface area (TPSA) is 50.2 Å². The van der Waals surface area contributed by atoms with Crippen LogP contribution in [0.4, 0.5) is 0 Å². The second kappa shape index (κ2) is 6.81. The normalized spacial score (nSPS) is 26.3. The van der Waals surface area contributed by atoms with Gasteiger partial charge < -0.3 is 10.2 Å². The Morgan fingerprint density at radius 3 is 2.76 bits per heavy atom. The summed E-state index contributed by atoms with van der Waals surface area (Å²) in [5, 5.41) is 8.40. The zero-order valence-electron chi connectivity index (χ0n) is 14.4. The fourth-order valence-electron chi connectivity index (χ4n) is 4.12. The number of carbonyl (C=O) groups is 1. The molecule has 0 aliphatic carbocycles. The molecule has 0 bridgehead atoms. The van der Waals surface area contributed by atoms with E-state index in [1.165, 1.54) is 5.56 Å². The first-order chi connectivity index (χ1) is 12.1. The molecule has 2 fully saturated rings. The molecule has 4 rings (SSSR count). The molecule has 3 heterocycles. The van der Waals surface area contributed by atoms with Crippen molar-refractivity contribution in [2.24, 2.45) is 13.0 Å². The molecule has 1 aromatic heterocycles. The third kappa shape index (κ3) is 3.31. The lowest BCUT2D eigenvalue weighted by Gasteiger charge is -2.24. The number of nitrogens with zero attached hydrogens (tertiary/aromatic N) is 3. The Kier molecular flexibility index (Phi) is 4.52. The Hall–Kier alpha value is -1.85. The van der Waals surface area contributed by atoms with Crippen LogP contribution in [0.25, 0.3) is 0 Å². The number of nitrogens with one attached hydrogen (secondary N) is 1. The fraction of sp³-hybridized carbons (Fsp3) is 0.474.